The fourth-order valence-electron chi connectivity index (χ4n) is 2.40. The van der Waals surface area contributed by atoms with E-state index in [0.29, 0.717) is 13.0 Å². The highest BCUT2D eigenvalue weighted by Gasteiger charge is 2.28. The summed E-state index contributed by atoms with van der Waals surface area (Å²) < 4.78 is 44.8. The second-order valence-corrected chi connectivity index (χ2v) is 5.31. The normalized spacial score (nSPS) is 12.2. The topological polar surface area (TPSA) is 42.4 Å². The minimum absolute atomic E-state index is 0.00419. The van der Waals surface area contributed by atoms with Crippen molar-refractivity contribution in [2.75, 3.05) is 20.7 Å². The highest BCUT2D eigenvalue weighted by molar-refractivity contribution is 5.77. The van der Waals surface area contributed by atoms with Gasteiger partial charge in [-0.3, -0.25) is 9.88 Å². The van der Waals surface area contributed by atoms with Crippen LogP contribution in [-0.4, -0.2) is 36.6 Å². The molecule has 0 aliphatic heterocycles. The summed E-state index contributed by atoms with van der Waals surface area (Å²) >= 11 is 0. The largest absolute Gasteiger partial charge is 0.468 e. The van der Waals surface area contributed by atoms with Crippen molar-refractivity contribution in [1.82, 2.24) is 9.88 Å². The van der Waals surface area contributed by atoms with E-state index in [4.69, 9.17) is 4.74 Å². The summed E-state index contributed by atoms with van der Waals surface area (Å²) in [5.41, 5.74) is 0.993. The number of esters is 1. The van der Waals surface area contributed by atoms with Crippen LogP contribution in [0.25, 0.3) is 0 Å². The second kappa shape index (κ2) is 7.92. The Morgan fingerprint density at radius 2 is 1.79 bits per heavy atom. The zero-order valence-electron chi connectivity index (χ0n) is 13.3. The maximum absolute atomic E-state index is 13.5. The van der Waals surface area contributed by atoms with Crippen molar-refractivity contribution in [2.24, 2.45) is 0 Å². The van der Waals surface area contributed by atoms with Gasteiger partial charge in [0, 0.05) is 18.9 Å². The van der Waals surface area contributed by atoms with Gasteiger partial charge in [0.15, 0.2) is 17.5 Å². The van der Waals surface area contributed by atoms with Crippen molar-refractivity contribution in [3.63, 3.8) is 0 Å². The zero-order valence-corrected chi connectivity index (χ0v) is 13.3. The number of halogens is 3. The number of aromatic nitrogens is 1. The van der Waals surface area contributed by atoms with Gasteiger partial charge >= 0.3 is 5.97 Å². The predicted molar refractivity (Wildman–Crippen MR) is 81.6 cm³/mol. The fraction of sp³-hybridized carbons (Fsp3) is 0.294. The molecule has 4 nitrogen and oxygen atoms in total. The molecule has 0 aliphatic carbocycles. The molecule has 128 valence electrons. The first-order valence-electron chi connectivity index (χ1n) is 7.25. The van der Waals surface area contributed by atoms with Crippen molar-refractivity contribution in [3.8, 4) is 0 Å². The first-order chi connectivity index (χ1) is 11.4. The SMILES string of the molecule is COC(=O)C(c1cc(F)c(F)c(F)c1)N(C)CCc1ccncc1. The van der Waals surface area contributed by atoms with E-state index in [1.807, 2.05) is 12.1 Å². The number of methoxy groups -OCH3 is 1. The van der Waals surface area contributed by atoms with Gasteiger partial charge in [-0.2, -0.15) is 0 Å². The maximum atomic E-state index is 13.5. The van der Waals surface area contributed by atoms with E-state index in [1.54, 1.807) is 24.3 Å². The van der Waals surface area contributed by atoms with E-state index in [2.05, 4.69) is 4.98 Å². The molecule has 0 fully saturated rings. The first-order valence-corrected chi connectivity index (χ1v) is 7.25. The lowest BCUT2D eigenvalue weighted by Gasteiger charge is -2.26. The van der Waals surface area contributed by atoms with Gasteiger partial charge in [-0.1, -0.05) is 0 Å². The quantitative estimate of drug-likeness (QED) is 0.600. The maximum Gasteiger partial charge on any atom is 0.327 e. The van der Waals surface area contributed by atoms with Gasteiger partial charge in [-0.15, -0.1) is 0 Å². The monoisotopic (exact) mass is 338 g/mol. The second-order valence-electron chi connectivity index (χ2n) is 5.31. The molecule has 0 spiro atoms. The molecule has 0 bridgehead atoms. The van der Waals surface area contributed by atoms with Gasteiger partial charge in [0.1, 0.15) is 6.04 Å². The third-order valence-electron chi connectivity index (χ3n) is 3.69. The minimum atomic E-state index is -1.57. The van der Waals surface area contributed by atoms with E-state index < -0.39 is 29.5 Å². The lowest BCUT2D eigenvalue weighted by Crippen LogP contribution is -2.33. The predicted octanol–water partition coefficient (Wildman–Crippen LogP) is 2.89. The summed E-state index contributed by atoms with van der Waals surface area (Å²) in [6.07, 6.45) is 3.90. The average molecular weight is 338 g/mol. The molecule has 0 saturated heterocycles. The van der Waals surface area contributed by atoms with Crippen LogP contribution in [0.3, 0.4) is 0 Å². The number of hydrogen-bond acceptors (Lipinski definition) is 4. The van der Waals surface area contributed by atoms with Crippen LogP contribution in [0.5, 0.6) is 0 Å². The summed E-state index contributed by atoms with van der Waals surface area (Å²) in [6.45, 7) is 0.421. The Bertz CT molecular complexity index is 687. The zero-order chi connectivity index (χ0) is 17.7. The van der Waals surface area contributed by atoms with E-state index in [9.17, 15) is 18.0 Å². The molecule has 0 amide bonds. The number of likely N-dealkylation sites (N-methyl/N-ethyl adjacent to an activating group) is 1. The number of pyridine rings is 1. The summed E-state index contributed by atoms with van der Waals surface area (Å²) in [7, 11) is 2.81. The number of carbonyl (C=O) groups excluding carboxylic acids is 1. The van der Waals surface area contributed by atoms with Crippen LogP contribution in [-0.2, 0) is 16.0 Å². The van der Waals surface area contributed by atoms with Gasteiger partial charge in [-0.05, 0) is 48.9 Å². The fourth-order valence-corrected chi connectivity index (χ4v) is 2.40. The summed E-state index contributed by atoms with van der Waals surface area (Å²) in [6, 6.07) is 4.24. The molecule has 1 aromatic heterocycles. The van der Waals surface area contributed by atoms with Crippen LogP contribution >= 0.6 is 0 Å². The van der Waals surface area contributed by atoms with E-state index >= 15 is 0 Å². The first kappa shape index (κ1) is 17.9. The molecule has 1 heterocycles. The Morgan fingerprint density at radius 3 is 2.33 bits per heavy atom. The highest BCUT2D eigenvalue weighted by Crippen LogP contribution is 2.25. The van der Waals surface area contributed by atoms with Gasteiger partial charge in [0.05, 0.1) is 7.11 Å². The van der Waals surface area contributed by atoms with Gasteiger partial charge in [0.2, 0.25) is 0 Å². The Labute approximate surface area is 137 Å². The number of carbonyl (C=O) groups is 1. The van der Waals surface area contributed by atoms with Gasteiger partial charge in [-0.25, -0.2) is 18.0 Å². The summed E-state index contributed by atoms with van der Waals surface area (Å²) in [5, 5.41) is 0. The lowest BCUT2D eigenvalue weighted by molar-refractivity contribution is -0.146. The molecule has 0 saturated carbocycles. The molecule has 0 aliphatic rings. The number of benzene rings is 1. The number of hydrogen-bond donors (Lipinski definition) is 0. The van der Waals surface area contributed by atoms with E-state index in [1.165, 1.54) is 7.11 Å². The average Bonchev–Trinajstić information content (AvgIpc) is 2.58. The molecule has 7 heteroatoms. The van der Waals surface area contributed by atoms with Crippen LogP contribution in [0.1, 0.15) is 17.2 Å². The molecule has 0 radical (unpaired) electrons. The van der Waals surface area contributed by atoms with Crippen molar-refractivity contribution in [3.05, 3.63) is 65.2 Å². The Morgan fingerprint density at radius 1 is 1.21 bits per heavy atom. The van der Waals surface area contributed by atoms with E-state index in [-0.39, 0.29) is 5.56 Å². The number of nitrogens with zero attached hydrogens (tertiary/aromatic N) is 2. The van der Waals surface area contributed by atoms with Gasteiger partial charge < -0.3 is 4.74 Å². The van der Waals surface area contributed by atoms with Crippen molar-refractivity contribution in [1.29, 1.82) is 0 Å². The third-order valence-corrected chi connectivity index (χ3v) is 3.69. The van der Waals surface area contributed by atoms with Crippen LogP contribution in [0.15, 0.2) is 36.7 Å². The molecule has 24 heavy (non-hydrogen) atoms. The molecule has 1 atom stereocenters. The molecule has 0 N–H and O–H groups in total. The van der Waals surface area contributed by atoms with Gasteiger partial charge in [0.25, 0.3) is 0 Å². The Balaban J connectivity index is 2.23. The Hall–Kier alpha value is -2.41. The summed E-state index contributed by atoms with van der Waals surface area (Å²) in [4.78, 5) is 17.6. The molecule has 1 aromatic carbocycles. The van der Waals surface area contributed by atoms with Crippen LogP contribution in [0, 0.1) is 17.5 Å². The molecule has 2 aromatic rings. The Kier molecular flexibility index (Phi) is 5.92. The molecular weight excluding hydrogens is 321 g/mol. The minimum Gasteiger partial charge on any atom is -0.468 e. The van der Waals surface area contributed by atoms with Crippen LogP contribution in [0.4, 0.5) is 13.2 Å². The smallest absolute Gasteiger partial charge is 0.327 e. The highest BCUT2D eigenvalue weighted by atomic mass is 19.2. The third kappa shape index (κ3) is 4.11. The number of rotatable bonds is 6. The molecule has 2 rings (SSSR count). The van der Waals surface area contributed by atoms with Crippen molar-refractivity contribution < 1.29 is 22.7 Å². The van der Waals surface area contributed by atoms with Crippen molar-refractivity contribution in [2.45, 2.75) is 12.5 Å². The van der Waals surface area contributed by atoms with Crippen LogP contribution < -0.4 is 0 Å². The molecular formula is C17H17F3N2O2. The molecule has 1 unspecified atom stereocenters. The van der Waals surface area contributed by atoms with Crippen LogP contribution in [0.2, 0.25) is 0 Å². The van der Waals surface area contributed by atoms with Crippen molar-refractivity contribution >= 4 is 5.97 Å². The standard InChI is InChI=1S/C17H17F3N2O2/c1-22(8-5-11-3-6-21-7-4-11)16(17(23)24-2)12-9-13(18)15(20)14(19)10-12/h3-4,6-7,9-10,16H,5,8H2,1-2H3. The van der Waals surface area contributed by atoms with E-state index in [0.717, 1.165) is 17.7 Å². The lowest BCUT2D eigenvalue weighted by atomic mass is 10.0. The number of ether oxygens (including phenoxy) is 1. The summed E-state index contributed by atoms with van der Waals surface area (Å²) in [5.74, 6) is -4.94.